The van der Waals surface area contributed by atoms with Gasteiger partial charge in [0.1, 0.15) is 10.5 Å². The highest BCUT2D eigenvalue weighted by molar-refractivity contribution is 7.20. The Morgan fingerprint density at radius 2 is 1.97 bits per heavy atom. The second-order valence-corrected chi connectivity index (χ2v) is 8.15. The van der Waals surface area contributed by atoms with E-state index in [4.69, 9.17) is 4.74 Å². The van der Waals surface area contributed by atoms with Crippen molar-refractivity contribution in [2.75, 3.05) is 6.61 Å². The summed E-state index contributed by atoms with van der Waals surface area (Å²) >= 11 is 1.15. The largest absolute Gasteiger partial charge is 0.466 e. The summed E-state index contributed by atoms with van der Waals surface area (Å²) in [6.45, 7) is 3.98. The first-order valence-corrected chi connectivity index (χ1v) is 10.7. The second kappa shape index (κ2) is 8.69. The van der Waals surface area contributed by atoms with Gasteiger partial charge in [-0.15, -0.1) is 11.3 Å². The fourth-order valence-corrected chi connectivity index (χ4v) is 4.26. The molecule has 3 aromatic heterocycles. The molecular weight excluding hydrogens is 414 g/mol. The molecule has 0 aliphatic heterocycles. The third-order valence-electron chi connectivity index (χ3n) is 4.90. The maximum absolute atomic E-state index is 13.0. The number of ether oxygens (including phenoxy) is 1. The van der Waals surface area contributed by atoms with E-state index in [0.29, 0.717) is 20.7 Å². The number of amides is 1. The highest BCUT2D eigenvalue weighted by Gasteiger charge is 2.22. The van der Waals surface area contributed by atoms with Crippen LogP contribution in [0.25, 0.3) is 15.9 Å². The number of nitrogens with one attached hydrogen (secondary N) is 1. The maximum atomic E-state index is 13.0. The van der Waals surface area contributed by atoms with Gasteiger partial charge in [-0.3, -0.25) is 18.8 Å². The minimum atomic E-state index is -0.550. The van der Waals surface area contributed by atoms with Crippen molar-refractivity contribution in [3.05, 3.63) is 81.1 Å². The Balaban J connectivity index is 1.66. The van der Waals surface area contributed by atoms with Gasteiger partial charge in [0.2, 0.25) is 0 Å². The molecule has 0 fully saturated rings. The van der Waals surface area contributed by atoms with Crippen LogP contribution in [-0.2, 0) is 9.53 Å². The number of aromatic nitrogens is 2. The Kier molecular flexibility index (Phi) is 5.81. The number of carbonyl (C=O) groups is 2. The van der Waals surface area contributed by atoms with Gasteiger partial charge in [0.05, 0.1) is 29.3 Å². The summed E-state index contributed by atoms with van der Waals surface area (Å²) < 4.78 is 6.52. The van der Waals surface area contributed by atoms with E-state index in [0.717, 1.165) is 22.5 Å². The van der Waals surface area contributed by atoms with E-state index in [1.165, 1.54) is 4.40 Å². The van der Waals surface area contributed by atoms with Crippen LogP contribution in [0.15, 0.2) is 59.5 Å². The number of hydrogen-bond acceptors (Lipinski definition) is 6. The van der Waals surface area contributed by atoms with E-state index in [1.54, 1.807) is 37.4 Å². The Hall–Kier alpha value is -3.52. The van der Waals surface area contributed by atoms with Gasteiger partial charge in [-0.25, -0.2) is 4.98 Å². The number of thiophene rings is 1. The van der Waals surface area contributed by atoms with Crippen molar-refractivity contribution in [2.24, 2.45) is 0 Å². The molecule has 7 nitrogen and oxygen atoms in total. The number of hydrogen-bond donors (Lipinski definition) is 1. The topological polar surface area (TPSA) is 89.8 Å². The number of rotatable bonds is 6. The van der Waals surface area contributed by atoms with E-state index >= 15 is 0 Å². The summed E-state index contributed by atoms with van der Waals surface area (Å²) in [7, 11) is 0. The fourth-order valence-electron chi connectivity index (χ4n) is 3.33. The Labute approximate surface area is 182 Å². The van der Waals surface area contributed by atoms with E-state index in [2.05, 4.69) is 10.3 Å². The summed E-state index contributed by atoms with van der Waals surface area (Å²) in [5, 5.41) is 3.30. The van der Waals surface area contributed by atoms with E-state index in [9.17, 15) is 14.4 Å². The van der Waals surface area contributed by atoms with Crippen LogP contribution in [0, 0.1) is 6.92 Å². The highest BCUT2D eigenvalue weighted by Crippen LogP contribution is 2.24. The van der Waals surface area contributed by atoms with Crippen LogP contribution in [0.3, 0.4) is 0 Å². The van der Waals surface area contributed by atoms with Gasteiger partial charge < -0.3 is 10.1 Å². The molecule has 0 radical (unpaired) electrons. The molecule has 0 saturated carbocycles. The lowest BCUT2D eigenvalue weighted by atomic mass is 10.0. The smallest absolute Gasteiger partial charge is 0.308 e. The summed E-state index contributed by atoms with van der Waals surface area (Å²) in [5.41, 5.74) is 2.18. The summed E-state index contributed by atoms with van der Waals surface area (Å²) in [4.78, 5) is 43.2. The van der Waals surface area contributed by atoms with Crippen molar-refractivity contribution in [3.63, 3.8) is 0 Å². The van der Waals surface area contributed by atoms with Crippen LogP contribution in [0.4, 0.5) is 0 Å². The van der Waals surface area contributed by atoms with Crippen LogP contribution in [0.5, 0.6) is 0 Å². The minimum Gasteiger partial charge on any atom is -0.466 e. The van der Waals surface area contributed by atoms with Crippen LogP contribution in [0.1, 0.15) is 40.2 Å². The molecule has 0 aliphatic carbocycles. The standard InChI is InChI=1S/C23H21N3O4S/c1-3-30-20(27)13-17(15-9-7-14(2)8-10-15)24-21(28)18-12-16-22(31-18)25-19-6-4-5-11-26(19)23(16)29/h4-12,17H,3,13H2,1-2H3,(H,24,28)/t17-/m0/s1. The maximum Gasteiger partial charge on any atom is 0.308 e. The van der Waals surface area contributed by atoms with Crippen molar-refractivity contribution in [3.8, 4) is 0 Å². The lowest BCUT2D eigenvalue weighted by Crippen LogP contribution is -2.30. The zero-order valence-electron chi connectivity index (χ0n) is 17.1. The molecular formula is C23H21N3O4S. The van der Waals surface area contributed by atoms with Crippen molar-refractivity contribution < 1.29 is 14.3 Å². The predicted molar refractivity (Wildman–Crippen MR) is 119 cm³/mol. The van der Waals surface area contributed by atoms with Crippen LogP contribution in [-0.4, -0.2) is 27.9 Å². The molecule has 1 atom stereocenters. The number of fused-ring (bicyclic) bond motifs is 2. The van der Waals surface area contributed by atoms with Gasteiger partial charge in [0.25, 0.3) is 11.5 Å². The number of aryl methyl sites for hydroxylation is 1. The van der Waals surface area contributed by atoms with Crippen molar-refractivity contribution in [1.29, 1.82) is 0 Å². The predicted octanol–water partition coefficient (Wildman–Crippen LogP) is 3.64. The van der Waals surface area contributed by atoms with E-state index < -0.39 is 12.0 Å². The molecule has 0 spiro atoms. The molecule has 0 saturated heterocycles. The highest BCUT2D eigenvalue weighted by atomic mass is 32.1. The van der Waals surface area contributed by atoms with Gasteiger partial charge in [-0.2, -0.15) is 0 Å². The number of esters is 1. The monoisotopic (exact) mass is 435 g/mol. The minimum absolute atomic E-state index is 0.0122. The van der Waals surface area contributed by atoms with Crippen LogP contribution >= 0.6 is 11.3 Å². The average molecular weight is 436 g/mol. The Morgan fingerprint density at radius 1 is 1.19 bits per heavy atom. The normalized spacial score (nSPS) is 12.1. The summed E-state index contributed by atoms with van der Waals surface area (Å²) in [5.74, 6) is -0.762. The molecule has 8 heteroatoms. The quantitative estimate of drug-likeness (QED) is 0.467. The SMILES string of the molecule is CCOC(=O)C[C@H](NC(=O)c1cc2c(=O)n3ccccc3nc2s1)c1ccc(C)cc1. The Bertz CT molecular complexity index is 1320. The molecule has 0 aliphatic rings. The lowest BCUT2D eigenvalue weighted by molar-refractivity contribution is -0.143. The first kappa shape index (κ1) is 20.7. The molecule has 4 aromatic rings. The molecule has 4 rings (SSSR count). The van der Waals surface area contributed by atoms with E-state index in [-0.39, 0.29) is 24.5 Å². The molecule has 0 bridgehead atoms. The number of benzene rings is 1. The molecule has 1 amide bonds. The third kappa shape index (κ3) is 4.34. The number of carbonyl (C=O) groups excluding carboxylic acids is 2. The second-order valence-electron chi connectivity index (χ2n) is 7.12. The molecule has 0 unspecified atom stereocenters. The lowest BCUT2D eigenvalue weighted by Gasteiger charge is -2.18. The number of nitrogens with zero attached hydrogens (tertiary/aromatic N) is 2. The van der Waals surface area contributed by atoms with E-state index in [1.807, 2.05) is 31.2 Å². The summed E-state index contributed by atoms with van der Waals surface area (Å²) in [6, 6.07) is 13.9. The van der Waals surface area contributed by atoms with Crippen molar-refractivity contribution in [1.82, 2.24) is 14.7 Å². The average Bonchev–Trinajstić information content (AvgIpc) is 3.19. The van der Waals surface area contributed by atoms with Crippen LogP contribution < -0.4 is 10.9 Å². The van der Waals surface area contributed by atoms with Gasteiger partial charge >= 0.3 is 5.97 Å². The number of pyridine rings is 1. The zero-order valence-corrected chi connectivity index (χ0v) is 17.9. The molecule has 158 valence electrons. The molecule has 1 aromatic carbocycles. The first-order valence-electron chi connectivity index (χ1n) is 9.90. The van der Waals surface area contributed by atoms with Gasteiger partial charge in [-0.05, 0) is 37.6 Å². The molecule has 3 heterocycles. The van der Waals surface area contributed by atoms with Crippen molar-refractivity contribution in [2.45, 2.75) is 26.3 Å². The summed E-state index contributed by atoms with van der Waals surface area (Å²) in [6.07, 6.45) is 1.66. The molecule has 31 heavy (non-hydrogen) atoms. The van der Waals surface area contributed by atoms with Crippen molar-refractivity contribution >= 4 is 39.1 Å². The Morgan fingerprint density at radius 3 is 2.71 bits per heavy atom. The third-order valence-corrected chi connectivity index (χ3v) is 5.93. The van der Waals surface area contributed by atoms with Crippen LogP contribution in [0.2, 0.25) is 0 Å². The fraction of sp³-hybridized carbons (Fsp3) is 0.217. The van der Waals surface area contributed by atoms with Gasteiger partial charge in [-0.1, -0.05) is 35.9 Å². The first-order chi connectivity index (χ1) is 15.0. The zero-order chi connectivity index (χ0) is 22.0. The van der Waals surface area contributed by atoms with Gasteiger partial charge in [0.15, 0.2) is 0 Å². The molecule has 1 N–H and O–H groups in total. The van der Waals surface area contributed by atoms with Gasteiger partial charge in [0, 0.05) is 6.20 Å².